The molecule has 0 fully saturated rings. The summed E-state index contributed by atoms with van der Waals surface area (Å²) in [6, 6.07) is 17.0. The number of aromatic nitrogens is 2. The van der Waals surface area contributed by atoms with E-state index in [4.69, 9.17) is 4.74 Å². The second kappa shape index (κ2) is 8.01. The van der Waals surface area contributed by atoms with Crippen LogP contribution < -0.4 is 15.4 Å². The Hall–Kier alpha value is -3.28. The molecule has 0 spiro atoms. The number of nitrogens with one attached hydrogen (secondary N) is 2. The number of anilines is 1. The summed E-state index contributed by atoms with van der Waals surface area (Å²) in [5.74, 6) is 0.833. The highest BCUT2D eigenvalue weighted by molar-refractivity contribution is 5.89. The lowest BCUT2D eigenvalue weighted by molar-refractivity contribution is 0.251. The summed E-state index contributed by atoms with van der Waals surface area (Å²) in [4.78, 5) is 11.9. The van der Waals surface area contributed by atoms with E-state index in [9.17, 15) is 4.79 Å². The molecule has 0 unspecified atom stereocenters. The summed E-state index contributed by atoms with van der Waals surface area (Å²) in [5.41, 5.74) is 2.71. The quantitative estimate of drug-likeness (QED) is 0.725. The molecule has 0 bridgehead atoms. The van der Waals surface area contributed by atoms with E-state index in [0.717, 1.165) is 22.6 Å². The first-order valence-corrected chi connectivity index (χ1v) is 7.98. The zero-order valence-corrected chi connectivity index (χ0v) is 14.0. The van der Waals surface area contributed by atoms with Crippen molar-refractivity contribution in [3.05, 3.63) is 78.1 Å². The van der Waals surface area contributed by atoms with Crippen LogP contribution in [0.1, 0.15) is 11.1 Å². The number of nitrogens with zero attached hydrogens (tertiary/aromatic N) is 2. The van der Waals surface area contributed by atoms with Gasteiger partial charge in [-0.1, -0.05) is 30.3 Å². The van der Waals surface area contributed by atoms with E-state index in [1.54, 1.807) is 10.9 Å². The molecule has 3 rings (SSSR count). The van der Waals surface area contributed by atoms with Crippen molar-refractivity contribution in [1.29, 1.82) is 0 Å². The molecular formula is C19H20N4O2. The normalized spacial score (nSPS) is 10.3. The minimum absolute atomic E-state index is 0.253. The van der Waals surface area contributed by atoms with Crippen LogP contribution in [-0.2, 0) is 20.2 Å². The third-order valence-corrected chi connectivity index (χ3v) is 3.57. The highest BCUT2D eigenvalue weighted by atomic mass is 16.5. The zero-order chi connectivity index (χ0) is 17.5. The standard InChI is InChI=1S/C19H20N4O2/c1-23-13-16(12-21-23)11-20-19(24)22-17-9-7-15(8-10-17)14-25-18-5-3-2-4-6-18/h2-10,12-13H,11,14H2,1H3,(H2,20,22,24). The smallest absolute Gasteiger partial charge is 0.319 e. The molecule has 0 saturated heterocycles. The molecule has 2 aromatic carbocycles. The first-order chi connectivity index (χ1) is 12.2. The van der Waals surface area contributed by atoms with E-state index in [1.807, 2.05) is 67.8 Å². The van der Waals surface area contributed by atoms with Crippen molar-refractivity contribution in [2.24, 2.45) is 7.05 Å². The maximum absolute atomic E-state index is 11.9. The zero-order valence-electron chi connectivity index (χ0n) is 14.0. The van der Waals surface area contributed by atoms with Gasteiger partial charge in [0.25, 0.3) is 0 Å². The third kappa shape index (κ3) is 5.10. The van der Waals surface area contributed by atoms with Crippen LogP contribution >= 0.6 is 0 Å². The first-order valence-electron chi connectivity index (χ1n) is 7.98. The molecule has 0 aliphatic rings. The molecule has 25 heavy (non-hydrogen) atoms. The van der Waals surface area contributed by atoms with E-state index in [-0.39, 0.29) is 6.03 Å². The summed E-state index contributed by atoms with van der Waals surface area (Å²) >= 11 is 0. The summed E-state index contributed by atoms with van der Waals surface area (Å²) < 4.78 is 7.39. The Kier molecular flexibility index (Phi) is 5.31. The van der Waals surface area contributed by atoms with Crippen LogP contribution in [-0.4, -0.2) is 15.8 Å². The van der Waals surface area contributed by atoms with Gasteiger partial charge in [-0.05, 0) is 29.8 Å². The van der Waals surface area contributed by atoms with E-state index in [1.165, 1.54) is 0 Å². The average molecular weight is 336 g/mol. The van der Waals surface area contributed by atoms with E-state index >= 15 is 0 Å². The van der Waals surface area contributed by atoms with Crippen LogP contribution in [0.15, 0.2) is 67.0 Å². The van der Waals surface area contributed by atoms with Gasteiger partial charge >= 0.3 is 6.03 Å². The molecule has 1 aromatic heterocycles. The van der Waals surface area contributed by atoms with Crippen LogP contribution in [0.4, 0.5) is 10.5 Å². The largest absolute Gasteiger partial charge is 0.489 e. The van der Waals surface area contributed by atoms with Crippen molar-refractivity contribution in [3.63, 3.8) is 0 Å². The summed E-state index contributed by atoms with van der Waals surface area (Å²) in [7, 11) is 1.84. The first kappa shape index (κ1) is 16.6. The number of hydrogen-bond donors (Lipinski definition) is 2. The van der Waals surface area contributed by atoms with Crippen molar-refractivity contribution in [1.82, 2.24) is 15.1 Å². The fourth-order valence-electron chi connectivity index (χ4n) is 2.29. The number of benzene rings is 2. The molecule has 2 N–H and O–H groups in total. The van der Waals surface area contributed by atoms with E-state index in [2.05, 4.69) is 15.7 Å². The van der Waals surface area contributed by atoms with Crippen LogP contribution in [0, 0.1) is 0 Å². The van der Waals surface area contributed by atoms with Crippen molar-refractivity contribution >= 4 is 11.7 Å². The van der Waals surface area contributed by atoms with E-state index in [0.29, 0.717) is 13.2 Å². The van der Waals surface area contributed by atoms with Gasteiger partial charge in [0, 0.05) is 31.0 Å². The molecule has 3 aromatic rings. The van der Waals surface area contributed by atoms with Gasteiger partial charge in [0.2, 0.25) is 0 Å². The number of hydrogen-bond acceptors (Lipinski definition) is 3. The Morgan fingerprint density at radius 3 is 2.52 bits per heavy atom. The van der Waals surface area contributed by atoms with Gasteiger partial charge in [-0.2, -0.15) is 5.10 Å². The third-order valence-electron chi connectivity index (χ3n) is 3.57. The molecule has 2 amide bonds. The number of carbonyl (C=O) groups is 1. The lowest BCUT2D eigenvalue weighted by Gasteiger charge is -2.09. The van der Waals surface area contributed by atoms with Crippen LogP contribution in [0.5, 0.6) is 5.75 Å². The van der Waals surface area contributed by atoms with Gasteiger partial charge in [0.15, 0.2) is 0 Å². The van der Waals surface area contributed by atoms with Crippen LogP contribution in [0.2, 0.25) is 0 Å². The summed E-state index contributed by atoms with van der Waals surface area (Å²) in [6.45, 7) is 0.917. The lowest BCUT2D eigenvalue weighted by Crippen LogP contribution is -2.28. The molecule has 128 valence electrons. The highest BCUT2D eigenvalue weighted by Crippen LogP contribution is 2.14. The molecule has 6 nitrogen and oxygen atoms in total. The summed E-state index contributed by atoms with van der Waals surface area (Å²) in [5, 5.41) is 9.66. The Morgan fingerprint density at radius 1 is 1.08 bits per heavy atom. The highest BCUT2D eigenvalue weighted by Gasteiger charge is 2.03. The number of carbonyl (C=O) groups excluding carboxylic acids is 1. The molecule has 6 heteroatoms. The number of amides is 2. The minimum atomic E-state index is -0.253. The number of urea groups is 1. The second-order valence-electron chi connectivity index (χ2n) is 5.63. The topological polar surface area (TPSA) is 68.2 Å². The Bertz CT molecular complexity index is 813. The molecule has 0 aliphatic heterocycles. The molecule has 0 atom stereocenters. The number of rotatable bonds is 6. The van der Waals surface area contributed by atoms with Gasteiger partial charge in [-0.3, -0.25) is 4.68 Å². The predicted octanol–water partition coefficient (Wildman–Crippen LogP) is 3.32. The monoisotopic (exact) mass is 336 g/mol. The SMILES string of the molecule is Cn1cc(CNC(=O)Nc2ccc(COc3ccccc3)cc2)cn1. The minimum Gasteiger partial charge on any atom is -0.489 e. The predicted molar refractivity (Wildman–Crippen MR) is 96.3 cm³/mol. The summed E-state index contributed by atoms with van der Waals surface area (Å²) in [6.07, 6.45) is 3.59. The van der Waals surface area contributed by atoms with Crippen LogP contribution in [0.25, 0.3) is 0 Å². The number of para-hydroxylation sites is 1. The Morgan fingerprint density at radius 2 is 1.84 bits per heavy atom. The number of aryl methyl sites for hydroxylation is 1. The van der Waals surface area contributed by atoms with Crippen molar-refractivity contribution in [3.8, 4) is 5.75 Å². The van der Waals surface area contributed by atoms with Gasteiger partial charge in [-0.25, -0.2) is 4.79 Å². The fourth-order valence-corrected chi connectivity index (χ4v) is 2.29. The van der Waals surface area contributed by atoms with Crippen molar-refractivity contribution in [2.75, 3.05) is 5.32 Å². The molecule has 1 heterocycles. The van der Waals surface area contributed by atoms with Crippen molar-refractivity contribution < 1.29 is 9.53 Å². The average Bonchev–Trinajstić information content (AvgIpc) is 3.06. The van der Waals surface area contributed by atoms with Gasteiger partial charge in [0.1, 0.15) is 12.4 Å². The molecule has 0 saturated carbocycles. The van der Waals surface area contributed by atoms with E-state index < -0.39 is 0 Å². The van der Waals surface area contributed by atoms with Gasteiger partial charge in [-0.15, -0.1) is 0 Å². The Balaban J connectivity index is 1.46. The lowest BCUT2D eigenvalue weighted by atomic mass is 10.2. The van der Waals surface area contributed by atoms with Gasteiger partial charge < -0.3 is 15.4 Å². The molecule has 0 aliphatic carbocycles. The molecule has 0 radical (unpaired) electrons. The maximum Gasteiger partial charge on any atom is 0.319 e. The molecular weight excluding hydrogens is 316 g/mol. The number of ether oxygens (including phenoxy) is 1. The van der Waals surface area contributed by atoms with Crippen molar-refractivity contribution in [2.45, 2.75) is 13.2 Å². The Labute approximate surface area is 146 Å². The second-order valence-corrected chi connectivity index (χ2v) is 5.63. The maximum atomic E-state index is 11.9. The van der Waals surface area contributed by atoms with Crippen LogP contribution in [0.3, 0.4) is 0 Å². The fraction of sp³-hybridized carbons (Fsp3) is 0.158. The van der Waals surface area contributed by atoms with Gasteiger partial charge in [0.05, 0.1) is 6.20 Å².